The van der Waals surface area contributed by atoms with E-state index in [1.807, 2.05) is 24.1 Å². The zero-order valence-corrected chi connectivity index (χ0v) is 22.1. The SMILES string of the molecule is CCC1=C2CN(C)/C(=C\C3=C(C=O)COC(=O)C3(O)CC)C2Nc2ccc(OC(=O)OC(C)(C)C)cc21. The van der Waals surface area contributed by atoms with Gasteiger partial charge in [0.2, 0.25) is 0 Å². The number of ether oxygens (including phenoxy) is 3. The van der Waals surface area contributed by atoms with Crippen molar-refractivity contribution in [1.29, 1.82) is 0 Å². The predicted molar refractivity (Wildman–Crippen MR) is 138 cm³/mol. The Morgan fingerprint density at radius 2 is 2.05 bits per heavy atom. The minimum Gasteiger partial charge on any atom is -0.458 e. The van der Waals surface area contributed by atoms with Gasteiger partial charge in [-0.05, 0) is 69.0 Å². The number of likely N-dealkylation sites (N-methyl/N-ethyl adjacent to an activating group) is 1. The summed E-state index contributed by atoms with van der Waals surface area (Å²) in [4.78, 5) is 38.5. The van der Waals surface area contributed by atoms with Gasteiger partial charge in [-0.3, -0.25) is 4.79 Å². The van der Waals surface area contributed by atoms with Crippen molar-refractivity contribution < 1.29 is 33.7 Å². The molecule has 2 atom stereocenters. The number of carbonyl (C=O) groups excluding carboxylic acids is 3. The number of cyclic esters (lactones) is 1. The monoisotopic (exact) mass is 510 g/mol. The third kappa shape index (κ3) is 4.87. The number of carbonyl (C=O) groups is 3. The number of benzene rings is 1. The number of hydrogen-bond acceptors (Lipinski definition) is 9. The summed E-state index contributed by atoms with van der Waals surface area (Å²) in [5.74, 6) is -0.367. The minimum atomic E-state index is -1.89. The fraction of sp³-hybridized carbons (Fsp3) is 0.464. The van der Waals surface area contributed by atoms with Gasteiger partial charge in [0.1, 0.15) is 24.2 Å². The van der Waals surface area contributed by atoms with E-state index < -0.39 is 23.3 Å². The van der Waals surface area contributed by atoms with E-state index in [1.165, 1.54) is 0 Å². The number of hydrogen-bond donors (Lipinski definition) is 2. The molecule has 1 fully saturated rings. The Morgan fingerprint density at radius 1 is 1.32 bits per heavy atom. The predicted octanol–water partition coefficient (Wildman–Crippen LogP) is 3.98. The summed E-state index contributed by atoms with van der Waals surface area (Å²) in [5, 5.41) is 14.7. The highest BCUT2D eigenvalue weighted by molar-refractivity contribution is 5.92. The number of likely N-dealkylation sites (tertiary alicyclic amines) is 1. The van der Waals surface area contributed by atoms with Crippen molar-refractivity contribution in [3.8, 4) is 5.75 Å². The average molecular weight is 511 g/mol. The van der Waals surface area contributed by atoms with E-state index >= 15 is 0 Å². The molecule has 37 heavy (non-hydrogen) atoms. The van der Waals surface area contributed by atoms with Gasteiger partial charge in [0.05, 0.1) is 6.04 Å². The van der Waals surface area contributed by atoms with Crippen molar-refractivity contribution >= 4 is 29.7 Å². The molecule has 0 aromatic heterocycles. The number of aliphatic hydroxyl groups is 1. The zero-order valence-electron chi connectivity index (χ0n) is 22.1. The molecule has 0 spiro atoms. The average Bonchev–Trinajstić information content (AvgIpc) is 3.13. The van der Waals surface area contributed by atoms with Crippen molar-refractivity contribution in [2.24, 2.45) is 0 Å². The number of esters is 1. The molecule has 0 aliphatic carbocycles. The van der Waals surface area contributed by atoms with E-state index in [9.17, 15) is 19.5 Å². The molecular weight excluding hydrogens is 476 g/mol. The van der Waals surface area contributed by atoms with E-state index in [0.717, 1.165) is 34.5 Å². The first kappa shape index (κ1) is 26.5. The fourth-order valence-electron chi connectivity index (χ4n) is 5.04. The third-order valence-electron chi connectivity index (χ3n) is 6.87. The van der Waals surface area contributed by atoms with Gasteiger partial charge < -0.3 is 29.5 Å². The Morgan fingerprint density at radius 3 is 2.68 bits per heavy atom. The van der Waals surface area contributed by atoms with E-state index in [1.54, 1.807) is 39.8 Å². The molecule has 3 aliphatic rings. The van der Waals surface area contributed by atoms with Crippen LogP contribution in [0.15, 0.2) is 46.7 Å². The summed E-state index contributed by atoms with van der Waals surface area (Å²) < 4.78 is 15.8. The summed E-state index contributed by atoms with van der Waals surface area (Å²) in [6.07, 6.45) is 2.44. The van der Waals surface area contributed by atoms with Crippen LogP contribution in [0.4, 0.5) is 10.5 Å². The van der Waals surface area contributed by atoms with Crippen LogP contribution < -0.4 is 10.1 Å². The van der Waals surface area contributed by atoms with Gasteiger partial charge in [-0.1, -0.05) is 13.8 Å². The van der Waals surface area contributed by atoms with Crippen molar-refractivity contribution in [3.05, 3.63) is 52.3 Å². The molecule has 0 saturated carbocycles. The molecule has 0 radical (unpaired) electrons. The van der Waals surface area contributed by atoms with Crippen LogP contribution >= 0.6 is 0 Å². The molecule has 1 aromatic rings. The van der Waals surface area contributed by atoms with Gasteiger partial charge in [-0.15, -0.1) is 0 Å². The lowest BCUT2D eigenvalue weighted by molar-refractivity contribution is -0.162. The Balaban J connectivity index is 1.73. The molecule has 198 valence electrons. The molecule has 0 amide bonds. The van der Waals surface area contributed by atoms with Gasteiger partial charge in [0.25, 0.3) is 0 Å². The molecular formula is C28H34N2O7. The van der Waals surface area contributed by atoms with Crippen LogP contribution in [0.5, 0.6) is 5.75 Å². The van der Waals surface area contributed by atoms with Gasteiger partial charge in [-0.2, -0.15) is 0 Å². The van der Waals surface area contributed by atoms with Crippen LogP contribution in [0, 0.1) is 0 Å². The molecule has 3 aliphatic heterocycles. The summed E-state index contributed by atoms with van der Waals surface area (Å²) in [6.45, 7) is 9.52. The highest BCUT2D eigenvalue weighted by Crippen LogP contribution is 2.44. The normalized spacial score (nSPS) is 24.4. The second kappa shape index (κ2) is 9.70. The van der Waals surface area contributed by atoms with Crippen LogP contribution in [0.1, 0.15) is 53.0 Å². The van der Waals surface area contributed by atoms with Crippen molar-refractivity contribution in [2.75, 3.05) is 25.5 Å². The quantitative estimate of drug-likeness (QED) is 0.345. The van der Waals surface area contributed by atoms with Crippen molar-refractivity contribution in [2.45, 2.75) is 64.7 Å². The Bertz CT molecular complexity index is 1240. The first-order chi connectivity index (χ1) is 17.4. The molecule has 4 rings (SSSR count). The fourth-order valence-corrected chi connectivity index (χ4v) is 5.04. The van der Waals surface area contributed by atoms with Gasteiger partial charge in [-0.25, -0.2) is 9.59 Å². The number of nitrogens with zero attached hydrogens (tertiary/aromatic N) is 1. The first-order valence-electron chi connectivity index (χ1n) is 12.5. The molecule has 2 N–H and O–H groups in total. The third-order valence-corrected chi connectivity index (χ3v) is 6.87. The number of anilines is 1. The maximum atomic E-state index is 12.5. The lowest BCUT2D eigenvalue weighted by Gasteiger charge is -2.33. The second-order valence-electron chi connectivity index (χ2n) is 10.5. The molecule has 2 unspecified atom stereocenters. The first-order valence-corrected chi connectivity index (χ1v) is 12.5. The standard InChI is InChI=1S/C28H34N2O7/c1-7-18-19-11-17(36-26(33)37-27(3,4)5)9-10-22(19)29-24-20(18)13-30(6)23(24)12-21-16(14-31)15-35-25(32)28(21,34)8-2/h9-12,14,24,29,34H,7-8,13,15H2,1-6H3/b23-12-. The summed E-state index contributed by atoms with van der Waals surface area (Å²) in [5.41, 5.74) is 2.84. The van der Waals surface area contributed by atoms with Crippen LogP contribution in [-0.2, 0) is 19.1 Å². The van der Waals surface area contributed by atoms with E-state index in [-0.39, 0.29) is 30.2 Å². The molecule has 9 heteroatoms. The maximum absolute atomic E-state index is 12.5. The molecule has 3 heterocycles. The number of aldehydes is 1. The lowest BCUT2D eigenvalue weighted by Crippen LogP contribution is -2.46. The zero-order chi connectivity index (χ0) is 27.1. The number of rotatable bonds is 5. The summed E-state index contributed by atoms with van der Waals surface area (Å²) in [7, 11) is 1.93. The smallest absolute Gasteiger partial charge is 0.458 e. The van der Waals surface area contributed by atoms with E-state index in [0.29, 0.717) is 18.6 Å². The van der Waals surface area contributed by atoms with Crippen LogP contribution in [0.2, 0.25) is 0 Å². The molecule has 1 aromatic carbocycles. The number of allylic oxidation sites excluding steroid dienone is 1. The molecule has 0 bridgehead atoms. The minimum absolute atomic E-state index is 0.0796. The highest BCUT2D eigenvalue weighted by atomic mass is 16.7. The largest absolute Gasteiger partial charge is 0.514 e. The highest BCUT2D eigenvalue weighted by Gasteiger charge is 2.45. The second-order valence-corrected chi connectivity index (χ2v) is 10.5. The van der Waals surface area contributed by atoms with Gasteiger partial charge in [0, 0.05) is 41.7 Å². The Labute approximate surface area is 216 Å². The van der Waals surface area contributed by atoms with Crippen LogP contribution in [0.3, 0.4) is 0 Å². The lowest BCUT2D eigenvalue weighted by atomic mass is 9.83. The number of fused-ring (bicyclic) bond motifs is 2. The van der Waals surface area contributed by atoms with Crippen LogP contribution in [0.25, 0.3) is 5.57 Å². The topological polar surface area (TPSA) is 114 Å². The van der Waals surface area contributed by atoms with Crippen molar-refractivity contribution in [1.82, 2.24) is 4.90 Å². The molecule has 9 nitrogen and oxygen atoms in total. The number of nitrogens with one attached hydrogen (secondary N) is 1. The van der Waals surface area contributed by atoms with Gasteiger partial charge >= 0.3 is 12.1 Å². The van der Waals surface area contributed by atoms with Crippen LogP contribution in [-0.4, -0.2) is 65.9 Å². The van der Waals surface area contributed by atoms with E-state index in [4.69, 9.17) is 14.2 Å². The Kier molecular flexibility index (Phi) is 6.94. The molecule has 1 saturated heterocycles. The maximum Gasteiger partial charge on any atom is 0.514 e. The summed E-state index contributed by atoms with van der Waals surface area (Å²) in [6, 6.07) is 5.17. The Hall–Kier alpha value is -3.59. The van der Waals surface area contributed by atoms with Crippen molar-refractivity contribution in [3.63, 3.8) is 0 Å². The summed E-state index contributed by atoms with van der Waals surface area (Å²) >= 11 is 0. The van der Waals surface area contributed by atoms with E-state index in [2.05, 4.69) is 12.2 Å². The van der Waals surface area contributed by atoms with Gasteiger partial charge in [0.15, 0.2) is 5.60 Å².